The second-order valence-electron chi connectivity index (χ2n) is 6.29. The molecule has 0 aliphatic heterocycles. The van der Waals surface area contributed by atoms with Crippen LogP contribution in [0.5, 0.6) is 5.75 Å². The Hall–Kier alpha value is -2.67. The third-order valence-corrected chi connectivity index (χ3v) is 4.28. The molecule has 1 heterocycles. The summed E-state index contributed by atoms with van der Waals surface area (Å²) in [7, 11) is 0. The van der Waals surface area contributed by atoms with E-state index >= 15 is 0 Å². The van der Waals surface area contributed by atoms with Crippen molar-refractivity contribution in [3.63, 3.8) is 0 Å². The van der Waals surface area contributed by atoms with Crippen molar-refractivity contribution in [1.82, 2.24) is 9.78 Å². The van der Waals surface area contributed by atoms with Crippen LogP contribution in [0, 0.1) is 5.82 Å². The van der Waals surface area contributed by atoms with Gasteiger partial charge in [0.05, 0.1) is 17.1 Å². The molecule has 140 valence electrons. The number of halogens is 2. The Morgan fingerprint density at radius 1 is 1.19 bits per heavy atom. The first-order valence-electron chi connectivity index (χ1n) is 8.46. The highest BCUT2D eigenvalue weighted by molar-refractivity contribution is 9.10. The Kier molecular flexibility index (Phi) is 5.91. The van der Waals surface area contributed by atoms with Crippen molar-refractivity contribution >= 4 is 27.7 Å². The molecule has 0 radical (unpaired) electrons. The first-order valence-corrected chi connectivity index (χ1v) is 9.25. The Labute approximate surface area is 165 Å². The van der Waals surface area contributed by atoms with Gasteiger partial charge in [-0.2, -0.15) is 5.10 Å². The molecule has 0 spiro atoms. The van der Waals surface area contributed by atoms with Crippen LogP contribution in [0.1, 0.15) is 29.8 Å². The third-order valence-electron chi connectivity index (χ3n) is 3.70. The zero-order chi connectivity index (χ0) is 19.4. The van der Waals surface area contributed by atoms with Crippen LogP contribution in [-0.4, -0.2) is 21.8 Å². The van der Waals surface area contributed by atoms with E-state index < -0.39 is 0 Å². The van der Waals surface area contributed by atoms with Gasteiger partial charge in [-0.15, -0.1) is 0 Å². The van der Waals surface area contributed by atoms with E-state index in [1.54, 1.807) is 47.3 Å². The van der Waals surface area contributed by atoms with Crippen molar-refractivity contribution in [1.29, 1.82) is 0 Å². The monoisotopic (exact) mass is 431 g/mol. The number of benzene rings is 2. The van der Waals surface area contributed by atoms with Crippen LogP contribution >= 0.6 is 15.9 Å². The quantitative estimate of drug-likeness (QED) is 0.605. The number of hydrogen-bond acceptors (Lipinski definition) is 3. The standard InChI is InChI=1S/C20H19BrFN3O2/c1-13(2)27-17-9-5-15(6-10-17)20(26)23-19-18(21)12-25(24-19)11-14-3-7-16(22)8-4-14/h3-10,12-13H,11H2,1-2H3,(H,23,24,26). The summed E-state index contributed by atoms with van der Waals surface area (Å²) in [4.78, 5) is 12.4. The number of nitrogens with zero attached hydrogens (tertiary/aromatic N) is 2. The molecular formula is C20H19BrFN3O2. The minimum Gasteiger partial charge on any atom is -0.491 e. The largest absolute Gasteiger partial charge is 0.491 e. The molecule has 3 aromatic rings. The summed E-state index contributed by atoms with van der Waals surface area (Å²) in [6.45, 7) is 4.36. The van der Waals surface area contributed by atoms with E-state index in [0.717, 1.165) is 5.56 Å². The summed E-state index contributed by atoms with van der Waals surface area (Å²) in [5, 5.41) is 7.15. The number of carbonyl (C=O) groups excluding carboxylic acids is 1. The van der Waals surface area contributed by atoms with Gasteiger partial charge in [0.15, 0.2) is 5.82 Å². The predicted octanol–water partition coefficient (Wildman–Crippen LogP) is 4.87. The molecule has 0 aliphatic rings. The average molecular weight is 432 g/mol. The molecule has 0 unspecified atom stereocenters. The van der Waals surface area contributed by atoms with Gasteiger partial charge in [0, 0.05) is 11.8 Å². The van der Waals surface area contributed by atoms with Gasteiger partial charge in [0.2, 0.25) is 0 Å². The molecule has 1 aromatic heterocycles. The van der Waals surface area contributed by atoms with Crippen molar-refractivity contribution < 1.29 is 13.9 Å². The second kappa shape index (κ2) is 8.35. The topological polar surface area (TPSA) is 56.1 Å². The van der Waals surface area contributed by atoms with Gasteiger partial charge < -0.3 is 10.1 Å². The molecule has 5 nitrogen and oxygen atoms in total. The minimum absolute atomic E-state index is 0.0747. The maximum atomic E-state index is 13.0. The SMILES string of the molecule is CC(C)Oc1ccc(C(=O)Nc2nn(Cc3ccc(F)cc3)cc2Br)cc1. The summed E-state index contributed by atoms with van der Waals surface area (Å²) >= 11 is 3.40. The number of amides is 1. The fourth-order valence-electron chi connectivity index (χ4n) is 2.48. The highest BCUT2D eigenvalue weighted by Gasteiger charge is 2.13. The molecule has 1 N–H and O–H groups in total. The van der Waals surface area contributed by atoms with E-state index in [1.807, 2.05) is 13.8 Å². The normalized spacial score (nSPS) is 10.9. The van der Waals surface area contributed by atoms with E-state index in [-0.39, 0.29) is 17.8 Å². The lowest BCUT2D eigenvalue weighted by Gasteiger charge is -2.10. The number of anilines is 1. The molecule has 0 saturated carbocycles. The van der Waals surface area contributed by atoms with Gasteiger partial charge in [-0.05, 0) is 71.7 Å². The fourth-order valence-corrected chi connectivity index (χ4v) is 2.89. The van der Waals surface area contributed by atoms with Crippen LogP contribution in [0.4, 0.5) is 10.2 Å². The van der Waals surface area contributed by atoms with E-state index in [0.29, 0.717) is 28.1 Å². The highest BCUT2D eigenvalue weighted by Crippen LogP contribution is 2.22. The van der Waals surface area contributed by atoms with E-state index in [1.165, 1.54) is 12.1 Å². The van der Waals surface area contributed by atoms with Crippen LogP contribution in [0.25, 0.3) is 0 Å². The number of ether oxygens (including phenoxy) is 1. The Morgan fingerprint density at radius 3 is 2.48 bits per heavy atom. The van der Waals surface area contributed by atoms with E-state index in [4.69, 9.17) is 4.74 Å². The van der Waals surface area contributed by atoms with Gasteiger partial charge in [0.25, 0.3) is 5.91 Å². The lowest BCUT2D eigenvalue weighted by atomic mass is 10.2. The lowest BCUT2D eigenvalue weighted by Crippen LogP contribution is -2.13. The molecule has 0 bridgehead atoms. The van der Waals surface area contributed by atoms with Crippen molar-refractivity contribution in [3.05, 3.63) is 76.1 Å². The summed E-state index contributed by atoms with van der Waals surface area (Å²) < 4.78 is 20.9. The number of aromatic nitrogens is 2. The molecule has 0 atom stereocenters. The van der Waals surface area contributed by atoms with Crippen molar-refractivity contribution in [2.75, 3.05) is 5.32 Å². The van der Waals surface area contributed by atoms with Crippen molar-refractivity contribution in [2.24, 2.45) is 0 Å². The van der Waals surface area contributed by atoms with E-state index in [2.05, 4.69) is 26.3 Å². The van der Waals surface area contributed by atoms with Gasteiger partial charge in [-0.3, -0.25) is 9.48 Å². The Balaban J connectivity index is 1.67. The van der Waals surface area contributed by atoms with Crippen LogP contribution in [0.15, 0.2) is 59.2 Å². The minimum atomic E-state index is -0.279. The molecule has 27 heavy (non-hydrogen) atoms. The van der Waals surface area contributed by atoms with Crippen LogP contribution in [0.2, 0.25) is 0 Å². The Bertz CT molecular complexity index is 921. The zero-order valence-corrected chi connectivity index (χ0v) is 16.5. The Morgan fingerprint density at radius 2 is 1.85 bits per heavy atom. The molecular weight excluding hydrogens is 413 g/mol. The lowest BCUT2D eigenvalue weighted by molar-refractivity contribution is 0.102. The van der Waals surface area contributed by atoms with E-state index in [9.17, 15) is 9.18 Å². The summed E-state index contributed by atoms with van der Waals surface area (Å²) in [6.07, 6.45) is 1.84. The predicted molar refractivity (Wildman–Crippen MR) is 106 cm³/mol. The number of carbonyl (C=O) groups is 1. The maximum Gasteiger partial charge on any atom is 0.256 e. The molecule has 7 heteroatoms. The van der Waals surface area contributed by atoms with Crippen molar-refractivity contribution in [2.45, 2.75) is 26.5 Å². The summed E-state index contributed by atoms with van der Waals surface area (Å²) in [5.41, 5.74) is 1.41. The molecule has 0 aliphatic carbocycles. The maximum absolute atomic E-state index is 13.0. The molecule has 1 amide bonds. The number of rotatable bonds is 6. The third kappa shape index (κ3) is 5.17. The van der Waals surface area contributed by atoms with Crippen molar-refractivity contribution in [3.8, 4) is 5.75 Å². The number of nitrogens with one attached hydrogen (secondary N) is 1. The van der Waals surface area contributed by atoms with Gasteiger partial charge in [0.1, 0.15) is 11.6 Å². The molecule has 3 rings (SSSR count). The summed E-state index contributed by atoms with van der Waals surface area (Å²) in [6, 6.07) is 13.1. The van der Waals surface area contributed by atoms with Crippen LogP contribution in [-0.2, 0) is 6.54 Å². The first kappa shape index (κ1) is 19.1. The smallest absolute Gasteiger partial charge is 0.256 e. The van der Waals surface area contributed by atoms with Gasteiger partial charge in [-0.25, -0.2) is 4.39 Å². The zero-order valence-electron chi connectivity index (χ0n) is 14.9. The first-order chi connectivity index (χ1) is 12.9. The van der Waals surface area contributed by atoms with Gasteiger partial charge in [-0.1, -0.05) is 12.1 Å². The summed E-state index contributed by atoms with van der Waals surface area (Å²) in [5.74, 6) is 0.591. The molecule has 2 aromatic carbocycles. The van der Waals surface area contributed by atoms with Crippen LogP contribution in [0.3, 0.4) is 0 Å². The second-order valence-corrected chi connectivity index (χ2v) is 7.15. The fraction of sp³-hybridized carbons (Fsp3) is 0.200. The highest BCUT2D eigenvalue weighted by atomic mass is 79.9. The average Bonchev–Trinajstić information content (AvgIpc) is 2.96. The molecule has 0 fully saturated rings. The van der Waals surface area contributed by atoms with Gasteiger partial charge >= 0.3 is 0 Å². The molecule has 0 saturated heterocycles. The number of hydrogen-bond donors (Lipinski definition) is 1. The van der Waals surface area contributed by atoms with Crippen LogP contribution < -0.4 is 10.1 Å².